The molecule has 0 bridgehead atoms. The normalized spacial score (nSPS) is 29.5. The van der Waals surface area contributed by atoms with Crippen LogP contribution in [0.4, 0.5) is 5.69 Å². The Labute approximate surface area is 131 Å². The van der Waals surface area contributed by atoms with Gasteiger partial charge in [0, 0.05) is 24.1 Å². The van der Waals surface area contributed by atoms with E-state index in [1.54, 1.807) is 0 Å². The second-order valence-electron chi connectivity index (χ2n) is 6.05. The molecule has 1 aromatic rings. The van der Waals surface area contributed by atoms with Crippen molar-refractivity contribution in [3.05, 3.63) is 65.3 Å². The molecule has 3 rings (SSSR count). The van der Waals surface area contributed by atoms with Crippen LogP contribution >= 0.6 is 0 Å². The number of amides is 1. The van der Waals surface area contributed by atoms with E-state index in [0.29, 0.717) is 6.54 Å². The van der Waals surface area contributed by atoms with Gasteiger partial charge in [0.25, 0.3) is 0 Å². The molecule has 0 aromatic heterocycles. The molecule has 1 fully saturated rings. The monoisotopic (exact) mass is 294 g/mol. The van der Waals surface area contributed by atoms with Crippen LogP contribution in [0.2, 0.25) is 0 Å². The van der Waals surface area contributed by atoms with Gasteiger partial charge in [-0.25, -0.2) is 0 Å². The Hall–Kier alpha value is -2.29. The molecule has 1 aliphatic heterocycles. The average Bonchev–Trinajstić information content (AvgIpc) is 2.66. The van der Waals surface area contributed by atoms with Gasteiger partial charge in [0.2, 0.25) is 5.91 Å². The van der Waals surface area contributed by atoms with Crippen LogP contribution in [-0.4, -0.2) is 12.5 Å². The minimum atomic E-state index is -0.102. The molecule has 3 atom stereocenters. The standard InChI is InChI=1S/C19H22N2O/c1-3-15-17(13-7-9-14(20)10-8-13)11-21-19(22)16-6-4-5-12(2)18(15)16/h3-10,16-18H,11,20H2,1-2H3,(H,21,22)/b15-3-. The number of allylic oxidation sites excluding steroid dienone is 4. The number of rotatable bonds is 1. The largest absolute Gasteiger partial charge is 0.399 e. The van der Waals surface area contributed by atoms with Crippen LogP contribution in [0.25, 0.3) is 0 Å². The van der Waals surface area contributed by atoms with E-state index in [-0.39, 0.29) is 23.7 Å². The van der Waals surface area contributed by atoms with Gasteiger partial charge in [-0.3, -0.25) is 4.79 Å². The molecule has 22 heavy (non-hydrogen) atoms. The van der Waals surface area contributed by atoms with Crippen LogP contribution in [0.1, 0.15) is 25.3 Å². The summed E-state index contributed by atoms with van der Waals surface area (Å²) < 4.78 is 0. The van der Waals surface area contributed by atoms with Crippen LogP contribution in [-0.2, 0) is 4.79 Å². The van der Waals surface area contributed by atoms with Crippen LogP contribution in [0.5, 0.6) is 0 Å². The highest BCUT2D eigenvalue weighted by molar-refractivity contribution is 5.83. The number of hydrogen-bond acceptors (Lipinski definition) is 2. The maximum absolute atomic E-state index is 12.4. The third-order valence-electron chi connectivity index (χ3n) is 4.74. The Balaban J connectivity index is 2.05. The molecular formula is C19H22N2O. The van der Waals surface area contributed by atoms with E-state index in [1.165, 1.54) is 16.7 Å². The fourth-order valence-electron chi connectivity index (χ4n) is 3.61. The van der Waals surface area contributed by atoms with Crippen molar-refractivity contribution in [2.75, 3.05) is 12.3 Å². The van der Waals surface area contributed by atoms with E-state index in [4.69, 9.17) is 5.73 Å². The quantitative estimate of drug-likeness (QED) is 0.617. The highest BCUT2D eigenvalue weighted by Crippen LogP contribution is 2.41. The van der Waals surface area contributed by atoms with Gasteiger partial charge in [0.15, 0.2) is 0 Å². The highest BCUT2D eigenvalue weighted by Gasteiger charge is 2.37. The summed E-state index contributed by atoms with van der Waals surface area (Å²) >= 11 is 0. The third kappa shape index (κ3) is 2.47. The minimum absolute atomic E-state index is 0.102. The van der Waals surface area contributed by atoms with Crippen molar-refractivity contribution < 1.29 is 4.79 Å². The Morgan fingerprint density at radius 2 is 2.00 bits per heavy atom. The van der Waals surface area contributed by atoms with Gasteiger partial charge in [-0.1, -0.05) is 47.6 Å². The number of fused-ring (bicyclic) bond motifs is 1. The minimum Gasteiger partial charge on any atom is -0.399 e. The van der Waals surface area contributed by atoms with Crippen molar-refractivity contribution in [3.63, 3.8) is 0 Å². The first-order valence-electron chi connectivity index (χ1n) is 7.76. The van der Waals surface area contributed by atoms with Crippen molar-refractivity contribution >= 4 is 11.6 Å². The van der Waals surface area contributed by atoms with Gasteiger partial charge in [0.1, 0.15) is 0 Å². The Kier molecular flexibility index (Phi) is 3.88. The summed E-state index contributed by atoms with van der Waals surface area (Å²) in [4.78, 5) is 12.4. The first kappa shape index (κ1) is 14.6. The van der Waals surface area contributed by atoms with Gasteiger partial charge in [-0.05, 0) is 31.5 Å². The lowest BCUT2D eigenvalue weighted by Gasteiger charge is -2.30. The summed E-state index contributed by atoms with van der Waals surface area (Å²) in [6.07, 6.45) is 8.30. The average molecular weight is 294 g/mol. The topological polar surface area (TPSA) is 55.1 Å². The first-order chi connectivity index (χ1) is 10.6. The van der Waals surface area contributed by atoms with Crippen molar-refractivity contribution in [2.24, 2.45) is 11.8 Å². The Morgan fingerprint density at radius 3 is 2.68 bits per heavy atom. The summed E-state index contributed by atoms with van der Waals surface area (Å²) in [5.74, 6) is 0.362. The number of hydrogen-bond donors (Lipinski definition) is 2. The molecule has 1 aliphatic carbocycles. The molecule has 1 heterocycles. The maximum atomic E-state index is 12.4. The fraction of sp³-hybridized carbons (Fsp3) is 0.316. The molecule has 3 heteroatoms. The second-order valence-corrected chi connectivity index (χ2v) is 6.05. The first-order valence-corrected chi connectivity index (χ1v) is 7.76. The zero-order valence-electron chi connectivity index (χ0n) is 13.0. The van der Waals surface area contributed by atoms with Gasteiger partial charge in [0.05, 0.1) is 5.92 Å². The molecule has 3 unspecified atom stereocenters. The molecule has 114 valence electrons. The van der Waals surface area contributed by atoms with E-state index in [0.717, 1.165) is 5.69 Å². The molecule has 0 saturated carbocycles. The maximum Gasteiger partial charge on any atom is 0.227 e. The Bertz CT molecular complexity index is 667. The molecule has 0 radical (unpaired) electrons. The van der Waals surface area contributed by atoms with E-state index in [2.05, 4.69) is 43.4 Å². The van der Waals surface area contributed by atoms with E-state index < -0.39 is 0 Å². The highest BCUT2D eigenvalue weighted by atomic mass is 16.1. The number of benzene rings is 1. The SMILES string of the molecule is C/C=C1/C(c2ccc(N)cc2)CNC(=O)C2C=CC=C(C)C12. The van der Waals surface area contributed by atoms with Gasteiger partial charge in [-0.2, -0.15) is 0 Å². The van der Waals surface area contributed by atoms with Crippen molar-refractivity contribution in [3.8, 4) is 0 Å². The van der Waals surface area contributed by atoms with Gasteiger partial charge >= 0.3 is 0 Å². The predicted molar refractivity (Wildman–Crippen MR) is 90.2 cm³/mol. The van der Waals surface area contributed by atoms with E-state index in [1.807, 2.05) is 24.3 Å². The molecule has 1 saturated heterocycles. The number of carbonyl (C=O) groups is 1. The summed E-state index contributed by atoms with van der Waals surface area (Å²) in [6.45, 7) is 4.82. The number of anilines is 1. The number of nitrogen functional groups attached to an aromatic ring is 1. The van der Waals surface area contributed by atoms with Crippen LogP contribution in [0.3, 0.4) is 0 Å². The molecule has 2 aliphatic rings. The lowest BCUT2D eigenvalue weighted by Crippen LogP contribution is -2.32. The lowest BCUT2D eigenvalue weighted by atomic mass is 9.73. The van der Waals surface area contributed by atoms with Crippen molar-refractivity contribution in [2.45, 2.75) is 19.8 Å². The molecular weight excluding hydrogens is 272 g/mol. The smallest absolute Gasteiger partial charge is 0.227 e. The fourth-order valence-corrected chi connectivity index (χ4v) is 3.61. The molecule has 1 amide bonds. The van der Waals surface area contributed by atoms with E-state index >= 15 is 0 Å². The summed E-state index contributed by atoms with van der Waals surface area (Å²) in [6, 6.07) is 7.98. The number of nitrogens with two attached hydrogens (primary N) is 1. The summed E-state index contributed by atoms with van der Waals surface area (Å²) in [7, 11) is 0. The Morgan fingerprint density at radius 1 is 1.27 bits per heavy atom. The number of carbonyl (C=O) groups excluding carboxylic acids is 1. The zero-order valence-corrected chi connectivity index (χ0v) is 13.0. The lowest BCUT2D eigenvalue weighted by molar-refractivity contribution is -0.123. The number of nitrogens with one attached hydrogen (secondary N) is 1. The summed E-state index contributed by atoms with van der Waals surface area (Å²) in [5.41, 5.74) is 10.3. The zero-order chi connectivity index (χ0) is 15.7. The van der Waals surface area contributed by atoms with Crippen molar-refractivity contribution in [1.82, 2.24) is 5.32 Å². The third-order valence-corrected chi connectivity index (χ3v) is 4.74. The molecule has 1 aromatic carbocycles. The molecule has 3 N–H and O–H groups in total. The molecule has 3 nitrogen and oxygen atoms in total. The second kappa shape index (κ2) is 5.84. The van der Waals surface area contributed by atoms with Gasteiger partial charge < -0.3 is 11.1 Å². The molecule has 0 spiro atoms. The van der Waals surface area contributed by atoms with Crippen LogP contribution in [0.15, 0.2) is 59.7 Å². The van der Waals surface area contributed by atoms with Gasteiger partial charge in [-0.15, -0.1) is 0 Å². The van der Waals surface area contributed by atoms with E-state index in [9.17, 15) is 4.79 Å². The van der Waals surface area contributed by atoms with Crippen LogP contribution < -0.4 is 11.1 Å². The summed E-state index contributed by atoms with van der Waals surface area (Å²) in [5, 5.41) is 3.10. The van der Waals surface area contributed by atoms with Crippen molar-refractivity contribution in [1.29, 1.82) is 0 Å². The van der Waals surface area contributed by atoms with Crippen LogP contribution in [0, 0.1) is 11.8 Å². The predicted octanol–water partition coefficient (Wildman–Crippen LogP) is 3.18.